The van der Waals surface area contributed by atoms with Gasteiger partial charge in [0.15, 0.2) is 0 Å². The number of hydrogen-bond donors (Lipinski definition) is 1. The number of nitro groups is 1. The highest BCUT2D eigenvalue weighted by molar-refractivity contribution is 5.99. The monoisotopic (exact) mass is 371 g/mol. The maximum atomic E-state index is 13.8. The van der Waals surface area contributed by atoms with Gasteiger partial charge in [0, 0.05) is 23.4 Å². The summed E-state index contributed by atoms with van der Waals surface area (Å²) in [4.78, 5) is 22.7. The number of amides is 1. The highest BCUT2D eigenvalue weighted by Crippen LogP contribution is 2.48. The fourth-order valence-electron chi connectivity index (χ4n) is 3.47. The molecule has 0 bridgehead atoms. The van der Waals surface area contributed by atoms with Gasteiger partial charge < -0.3 is 5.11 Å². The summed E-state index contributed by atoms with van der Waals surface area (Å²) in [6.45, 7) is 0. The van der Waals surface area contributed by atoms with Crippen LogP contribution in [0, 0.1) is 16.0 Å². The van der Waals surface area contributed by atoms with Crippen molar-refractivity contribution in [3.05, 3.63) is 39.9 Å². The Morgan fingerprint density at radius 1 is 1.35 bits per heavy atom. The quantitative estimate of drug-likeness (QED) is 0.638. The molecule has 0 aromatic heterocycles. The Bertz CT molecular complexity index is 780. The van der Waals surface area contributed by atoms with Crippen LogP contribution in [0.3, 0.4) is 0 Å². The van der Waals surface area contributed by atoms with Crippen LogP contribution in [0.2, 0.25) is 0 Å². The van der Waals surface area contributed by atoms with Crippen LogP contribution >= 0.6 is 0 Å². The number of alkyl halides is 3. The molecule has 2 aliphatic rings. The van der Waals surface area contributed by atoms with Crippen molar-refractivity contribution >= 4 is 17.3 Å². The van der Waals surface area contributed by atoms with E-state index in [1.807, 2.05) is 0 Å². The zero-order valence-electron chi connectivity index (χ0n) is 13.6. The third-order valence-electron chi connectivity index (χ3n) is 4.78. The molecule has 1 aromatic rings. The van der Waals surface area contributed by atoms with Crippen LogP contribution in [0.5, 0.6) is 0 Å². The molecular formula is C16H16F3N3O4. The molecule has 0 unspecified atom stereocenters. The van der Waals surface area contributed by atoms with E-state index in [1.165, 1.54) is 6.07 Å². The van der Waals surface area contributed by atoms with Gasteiger partial charge in [-0.2, -0.15) is 23.3 Å². The van der Waals surface area contributed by atoms with Gasteiger partial charge in [-0.05, 0) is 25.3 Å². The van der Waals surface area contributed by atoms with Crippen molar-refractivity contribution < 1.29 is 28.0 Å². The number of carbonyl (C=O) groups excluding carboxylic acids is 1. The first-order valence-electron chi connectivity index (χ1n) is 8.11. The van der Waals surface area contributed by atoms with Gasteiger partial charge in [0.25, 0.3) is 17.3 Å². The second-order valence-electron chi connectivity index (χ2n) is 6.39. The lowest BCUT2D eigenvalue weighted by Crippen LogP contribution is -2.61. The smallest absolute Gasteiger partial charge is 0.362 e. The normalized spacial score (nSPS) is 26.1. The number of benzene rings is 1. The van der Waals surface area contributed by atoms with Crippen molar-refractivity contribution in [1.82, 2.24) is 5.01 Å². The Balaban J connectivity index is 2.05. The lowest BCUT2D eigenvalue weighted by Gasteiger charge is -2.37. The summed E-state index contributed by atoms with van der Waals surface area (Å²) in [7, 11) is 0. The summed E-state index contributed by atoms with van der Waals surface area (Å²) >= 11 is 0. The molecule has 26 heavy (non-hydrogen) atoms. The molecule has 1 fully saturated rings. The van der Waals surface area contributed by atoms with Crippen LogP contribution in [0.1, 0.15) is 42.5 Å². The van der Waals surface area contributed by atoms with Gasteiger partial charge in [0.05, 0.1) is 10.8 Å². The zero-order chi connectivity index (χ0) is 19.1. The van der Waals surface area contributed by atoms with Crippen LogP contribution in [0.4, 0.5) is 18.9 Å². The minimum absolute atomic E-state index is 0.0530. The zero-order valence-corrected chi connectivity index (χ0v) is 13.6. The second kappa shape index (κ2) is 6.35. The predicted octanol–water partition coefficient (Wildman–Crippen LogP) is 3.24. The van der Waals surface area contributed by atoms with Crippen LogP contribution in [0.25, 0.3) is 0 Å². The van der Waals surface area contributed by atoms with E-state index in [-0.39, 0.29) is 29.1 Å². The van der Waals surface area contributed by atoms with Gasteiger partial charge in [0.2, 0.25) is 0 Å². The van der Waals surface area contributed by atoms with Crippen molar-refractivity contribution in [1.29, 1.82) is 0 Å². The van der Waals surface area contributed by atoms with E-state index in [0.717, 1.165) is 24.6 Å². The van der Waals surface area contributed by atoms with Crippen LogP contribution < -0.4 is 0 Å². The third-order valence-corrected chi connectivity index (χ3v) is 4.78. The van der Waals surface area contributed by atoms with E-state index >= 15 is 0 Å². The number of halogens is 3. The molecule has 0 spiro atoms. The Morgan fingerprint density at radius 2 is 2.08 bits per heavy atom. The lowest BCUT2D eigenvalue weighted by molar-refractivity contribution is -0.384. The topological polar surface area (TPSA) is 96.0 Å². The fourth-order valence-corrected chi connectivity index (χ4v) is 3.47. The van der Waals surface area contributed by atoms with Crippen LogP contribution in [0.15, 0.2) is 29.4 Å². The summed E-state index contributed by atoms with van der Waals surface area (Å²) in [6.07, 6.45) is -2.95. The molecule has 140 valence electrons. The number of nitro benzene ring substituents is 1. The first-order valence-corrected chi connectivity index (χ1v) is 8.11. The predicted molar refractivity (Wildman–Crippen MR) is 84.3 cm³/mol. The van der Waals surface area contributed by atoms with Gasteiger partial charge >= 0.3 is 6.18 Å². The van der Waals surface area contributed by atoms with E-state index in [1.54, 1.807) is 0 Å². The van der Waals surface area contributed by atoms with Crippen molar-refractivity contribution in [2.75, 3.05) is 0 Å². The van der Waals surface area contributed by atoms with Crippen molar-refractivity contribution in [3.63, 3.8) is 0 Å². The molecule has 3 rings (SSSR count). The fraction of sp³-hybridized carbons (Fsp3) is 0.500. The molecular weight excluding hydrogens is 355 g/mol. The van der Waals surface area contributed by atoms with E-state index in [9.17, 15) is 33.2 Å². The summed E-state index contributed by atoms with van der Waals surface area (Å²) in [6, 6.07) is 4.33. The summed E-state index contributed by atoms with van der Waals surface area (Å²) in [5.41, 5.74) is -4.09. The number of fused-ring (bicyclic) bond motifs is 1. The minimum Gasteiger partial charge on any atom is -0.362 e. The number of nitrogens with zero attached hydrogens (tertiary/aromatic N) is 3. The third kappa shape index (κ3) is 2.83. The molecule has 0 radical (unpaired) electrons. The number of hydrogen-bond acceptors (Lipinski definition) is 5. The number of hydrazone groups is 1. The average molecular weight is 371 g/mol. The number of non-ortho nitro benzene ring substituents is 1. The molecule has 10 heteroatoms. The van der Waals surface area contributed by atoms with Crippen molar-refractivity contribution in [2.45, 2.75) is 44.0 Å². The van der Waals surface area contributed by atoms with Crippen molar-refractivity contribution in [2.24, 2.45) is 11.0 Å². The van der Waals surface area contributed by atoms with Gasteiger partial charge in [-0.1, -0.05) is 18.9 Å². The average Bonchev–Trinajstić information content (AvgIpc) is 2.74. The maximum Gasteiger partial charge on any atom is 0.439 e. The Kier molecular flexibility index (Phi) is 4.47. The van der Waals surface area contributed by atoms with E-state index in [2.05, 4.69) is 5.10 Å². The largest absolute Gasteiger partial charge is 0.439 e. The van der Waals surface area contributed by atoms with Gasteiger partial charge in [-0.25, -0.2) is 0 Å². The highest BCUT2D eigenvalue weighted by Gasteiger charge is 2.68. The Morgan fingerprint density at radius 3 is 2.73 bits per heavy atom. The Hall–Kier alpha value is -2.49. The summed E-state index contributed by atoms with van der Waals surface area (Å²) in [5.74, 6) is -2.55. The molecule has 1 aliphatic heterocycles. The van der Waals surface area contributed by atoms with E-state index < -0.39 is 34.3 Å². The first-order chi connectivity index (χ1) is 12.2. The standard InChI is InChI=1S/C16H16F3N3O4/c17-16(18,19)15(24)12-7-2-1-3-8-13(12)20-21(15)14(23)10-5-4-6-11(9-10)22(25)26/h4-6,9,12,24H,1-3,7-8H2/t12-,15-/m0/s1. The molecule has 1 heterocycles. The SMILES string of the molecule is O=C(c1cccc([N+](=O)[O-])c1)N1N=C2CCCCC[C@@H]2[C@]1(O)C(F)(F)F. The van der Waals surface area contributed by atoms with Crippen LogP contribution in [-0.4, -0.2) is 38.6 Å². The molecule has 1 saturated carbocycles. The molecule has 1 N–H and O–H groups in total. The van der Waals surface area contributed by atoms with E-state index in [4.69, 9.17) is 0 Å². The number of carbonyl (C=O) groups is 1. The number of aliphatic hydroxyl groups is 1. The lowest BCUT2D eigenvalue weighted by atomic mass is 9.87. The van der Waals surface area contributed by atoms with Gasteiger partial charge in [-0.3, -0.25) is 14.9 Å². The molecule has 2 atom stereocenters. The Labute approximate surface area is 146 Å². The molecule has 7 nitrogen and oxygen atoms in total. The second-order valence-corrected chi connectivity index (χ2v) is 6.39. The van der Waals surface area contributed by atoms with Gasteiger partial charge in [-0.15, -0.1) is 0 Å². The molecule has 0 saturated heterocycles. The molecule has 1 aromatic carbocycles. The minimum atomic E-state index is -5.12. The summed E-state index contributed by atoms with van der Waals surface area (Å²) < 4.78 is 41.3. The first kappa shape index (κ1) is 18.3. The summed E-state index contributed by atoms with van der Waals surface area (Å²) in [5, 5.41) is 25.3. The number of rotatable bonds is 2. The van der Waals surface area contributed by atoms with Gasteiger partial charge in [0.1, 0.15) is 0 Å². The van der Waals surface area contributed by atoms with E-state index in [0.29, 0.717) is 12.8 Å². The van der Waals surface area contributed by atoms with Crippen LogP contribution in [-0.2, 0) is 0 Å². The molecule has 1 amide bonds. The highest BCUT2D eigenvalue weighted by atomic mass is 19.4. The molecule has 1 aliphatic carbocycles. The maximum absolute atomic E-state index is 13.8. The van der Waals surface area contributed by atoms with Crippen molar-refractivity contribution in [3.8, 4) is 0 Å².